The minimum Gasteiger partial charge on any atom is -0.300 e. The van der Waals surface area contributed by atoms with Crippen LogP contribution in [0.2, 0.25) is 0 Å². The summed E-state index contributed by atoms with van der Waals surface area (Å²) in [6, 6.07) is 2.20. The largest absolute Gasteiger partial charge is 0.300 e. The molecule has 1 unspecified atom stereocenters. The van der Waals surface area contributed by atoms with E-state index in [9.17, 15) is 4.79 Å². The fraction of sp³-hybridized carbons (Fsp3) is 0.364. The zero-order chi connectivity index (χ0) is 11.1. The van der Waals surface area contributed by atoms with Gasteiger partial charge in [0.1, 0.15) is 5.78 Å². The van der Waals surface area contributed by atoms with Gasteiger partial charge >= 0.3 is 0 Å². The lowest BCUT2D eigenvalue weighted by Crippen LogP contribution is -2.05. The third-order valence-electron chi connectivity index (χ3n) is 2.98. The Balaban J connectivity index is 2.05. The summed E-state index contributed by atoms with van der Waals surface area (Å²) in [7, 11) is 0. The van der Waals surface area contributed by atoms with Gasteiger partial charge in [-0.15, -0.1) is 0 Å². The number of hydrogen-bond donors (Lipinski definition) is 0. The van der Waals surface area contributed by atoms with E-state index in [-0.39, 0.29) is 6.04 Å². The van der Waals surface area contributed by atoms with Crippen LogP contribution >= 0.6 is 22.6 Å². The molecule has 0 amide bonds. The van der Waals surface area contributed by atoms with E-state index in [1.165, 1.54) is 0 Å². The summed E-state index contributed by atoms with van der Waals surface area (Å²) in [5.74, 6) is 0.340. The molecule has 0 bridgehead atoms. The smallest absolute Gasteiger partial charge is 0.182 e. The van der Waals surface area contributed by atoms with Gasteiger partial charge in [-0.25, -0.2) is 4.98 Å². The molecule has 2 aromatic heterocycles. The van der Waals surface area contributed by atoms with Crippen LogP contribution in [0.25, 0.3) is 11.0 Å². The molecule has 2 aromatic rings. The highest BCUT2D eigenvalue weighted by Gasteiger charge is 2.24. The minimum atomic E-state index is 0.234. The van der Waals surface area contributed by atoms with Crippen molar-refractivity contribution >= 4 is 39.4 Å². The number of rotatable bonds is 1. The molecule has 1 aliphatic carbocycles. The molecule has 82 valence electrons. The Morgan fingerprint density at radius 2 is 2.38 bits per heavy atom. The van der Waals surface area contributed by atoms with Crippen LogP contribution in [0.3, 0.4) is 0 Å². The molecular weight excluding hydrogens is 317 g/mol. The van der Waals surface area contributed by atoms with Gasteiger partial charge in [-0.3, -0.25) is 9.48 Å². The Hall–Kier alpha value is -0.980. The van der Waals surface area contributed by atoms with E-state index in [2.05, 4.69) is 32.7 Å². The number of Topliss-reactive ketones (excluding diaryl/α,β-unsaturated/α-hetero) is 1. The monoisotopic (exact) mass is 327 g/mol. The fourth-order valence-electron chi connectivity index (χ4n) is 2.12. The molecule has 0 spiro atoms. The Kier molecular flexibility index (Phi) is 2.42. The molecule has 3 rings (SSSR count). The number of fused-ring (bicyclic) bond motifs is 1. The molecule has 0 aromatic carbocycles. The maximum Gasteiger partial charge on any atom is 0.182 e. The van der Waals surface area contributed by atoms with Crippen molar-refractivity contribution in [2.75, 3.05) is 0 Å². The first-order chi connectivity index (χ1) is 7.74. The SMILES string of the molecule is O=C1CCC(n2cc3c(I)ccnc3n2)C1. The Morgan fingerprint density at radius 3 is 3.06 bits per heavy atom. The first-order valence-electron chi connectivity index (χ1n) is 5.25. The van der Waals surface area contributed by atoms with Crippen LogP contribution in [-0.2, 0) is 4.79 Å². The van der Waals surface area contributed by atoms with Crippen molar-refractivity contribution in [2.45, 2.75) is 25.3 Å². The normalized spacial score (nSPS) is 20.8. The first-order valence-corrected chi connectivity index (χ1v) is 6.33. The second kappa shape index (κ2) is 3.80. The molecular formula is C11H10IN3O. The predicted molar refractivity (Wildman–Crippen MR) is 68.1 cm³/mol. The highest BCUT2D eigenvalue weighted by molar-refractivity contribution is 14.1. The molecule has 0 N–H and O–H groups in total. The standard InChI is InChI=1S/C11H10IN3O/c12-10-3-4-13-11-9(10)6-15(14-11)7-1-2-8(16)5-7/h3-4,6-7H,1-2,5H2. The number of hydrogen-bond acceptors (Lipinski definition) is 3. The van der Waals surface area contributed by atoms with Crippen molar-refractivity contribution in [3.05, 3.63) is 22.0 Å². The van der Waals surface area contributed by atoms with Crippen LogP contribution in [0.5, 0.6) is 0 Å². The maximum absolute atomic E-state index is 11.3. The van der Waals surface area contributed by atoms with E-state index in [4.69, 9.17) is 0 Å². The van der Waals surface area contributed by atoms with Crippen molar-refractivity contribution in [1.82, 2.24) is 14.8 Å². The molecule has 0 saturated heterocycles. The van der Waals surface area contributed by atoms with Gasteiger partial charge in [-0.2, -0.15) is 5.10 Å². The maximum atomic E-state index is 11.3. The number of ketones is 1. The van der Waals surface area contributed by atoms with E-state index in [1.54, 1.807) is 6.20 Å². The zero-order valence-corrected chi connectivity index (χ0v) is 10.7. The van der Waals surface area contributed by atoms with Gasteiger partial charge < -0.3 is 0 Å². The topological polar surface area (TPSA) is 47.8 Å². The Bertz CT molecular complexity index is 563. The summed E-state index contributed by atoms with van der Waals surface area (Å²) in [6.45, 7) is 0. The Morgan fingerprint density at radius 1 is 1.50 bits per heavy atom. The zero-order valence-electron chi connectivity index (χ0n) is 8.56. The summed E-state index contributed by atoms with van der Waals surface area (Å²) >= 11 is 2.28. The molecule has 1 atom stereocenters. The van der Waals surface area contributed by atoms with Gasteiger partial charge in [-0.1, -0.05) is 0 Å². The molecule has 2 heterocycles. The van der Waals surface area contributed by atoms with Crippen molar-refractivity contribution < 1.29 is 4.79 Å². The van der Waals surface area contributed by atoms with Crippen molar-refractivity contribution in [2.24, 2.45) is 0 Å². The van der Waals surface area contributed by atoms with Crippen molar-refractivity contribution in [3.63, 3.8) is 0 Å². The lowest BCUT2D eigenvalue weighted by Gasteiger charge is -2.06. The number of nitrogens with zero attached hydrogens (tertiary/aromatic N) is 3. The van der Waals surface area contributed by atoms with Crippen molar-refractivity contribution in [3.8, 4) is 0 Å². The molecule has 5 heteroatoms. The van der Waals surface area contributed by atoms with E-state index in [0.29, 0.717) is 18.6 Å². The van der Waals surface area contributed by atoms with Gasteiger partial charge in [0.2, 0.25) is 0 Å². The molecule has 1 saturated carbocycles. The third-order valence-corrected chi connectivity index (χ3v) is 3.92. The number of carbonyl (C=O) groups is 1. The van der Waals surface area contributed by atoms with Gasteiger partial charge in [0.25, 0.3) is 0 Å². The number of aromatic nitrogens is 3. The van der Waals surface area contributed by atoms with E-state index < -0.39 is 0 Å². The predicted octanol–water partition coefficient (Wildman–Crippen LogP) is 2.33. The average molecular weight is 327 g/mol. The van der Waals surface area contributed by atoms with Crippen LogP contribution in [0.15, 0.2) is 18.5 Å². The third kappa shape index (κ3) is 1.63. The lowest BCUT2D eigenvalue weighted by molar-refractivity contribution is -0.117. The minimum absolute atomic E-state index is 0.234. The summed E-state index contributed by atoms with van der Waals surface area (Å²) in [5.41, 5.74) is 0.770. The lowest BCUT2D eigenvalue weighted by atomic mass is 10.2. The molecule has 1 fully saturated rings. The summed E-state index contributed by atoms with van der Waals surface area (Å²) in [5, 5.41) is 5.51. The summed E-state index contributed by atoms with van der Waals surface area (Å²) < 4.78 is 3.06. The highest BCUT2D eigenvalue weighted by Crippen LogP contribution is 2.28. The first kappa shape index (κ1) is 10.2. The van der Waals surface area contributed by atoms with Gasteiger partial charge in [0.05, 0.1) is 11.4 Å². The quantitative estimate of drug-likeness (QED) is 0.756. The van der Waals surface area contributed by atoms with Crippen LogP contribution < -0.4 is 0 Å². The van der Waals surface area contributed by atoms with Crippen LogP contribution in [0.4, 0.5) is 0 Å². The van der Waals surface area contributed by atoms with Crippen LogP contribution in [0.1, 0.15) is 25.3 Å². The second-order valence-electron chi connectivity index (χ2n) is 4.07. The van der Waals surface area contributed by atoms with Gasteiger partial charge in [0.15, 0.2) is 5.65 Å². The fourth-order valence-corrected chi connectivity index (χ4v) is 2.66. The average Bonchev–Trinajstić information content (AvgIpc) is 2.84. The van der Waals surface area contributed by atoms with Crippen molar-refractivity contribution in [1.29, 1.82) is 0 Å². The van der Waals surface area contributed by atoms with E-state index >= 15 is 0 Å². The van der Waals surface area contributed by atoms with Crippen LogP contribution in [0, 0.1) is 3.57 Å². The molecule has 0 radical (unpaired) electrons. The number of halogens is 1. The molecule has 4 nitrogen and oxygen atoms in total. The summed E-state index contributed by atoms with van der Waals surface area (Å²) in [6.07, 6.45) is 5.98. The number of pyridine rings is 1. The Labute approximate surface area is 106 Å². The summed E-state index contributed by atoms with van der Waals surface area (Å²) in [4.78, 5) is 15.5. The van der Waals surface area contributed by atoms with Crippen LogP contribution in [-0.4, -0.2) is 20.5 Å². The second-order valence-corrected chi connectivity index (χ2v) is 5.24. The van der Waals surface area contributed by atoms with Gasteiger partial charge in [0, 0.05) is 28.8 Å². The molecule has 1 aliphatic rings. The molecule has 16 heavy (non-hydrogen) atoms. The number of carbonyl (C=O) groups excluding carboxylic acids is 1. The van der Waals surface area contributed by atoms with Gasteiger partial charge in [-0.05, 0) is 35.1 Å². The molecule has 0 aliphatic heterocycles. The highest BCUT2D eigenvalue weighted by atomic mass is 127. The van der Waals surface area contributed by atoms with E-state index in [1.807, 2.05) is 16.9 Å². The van der Waals surface area contributed by atoms with E-state index in [0.717, 1.165) is 21.0 Å².